The van der Waals surface area contributed by atoms with Gasteiger partial charge in [0.25, 0.3) is 0 Å². The Morgan fingerprint density at radius 3 is 3.00 bits per heavy atom. The third-order valence-corrected chi connectivity index (χ3v) is 4.05. The van der Waals surface area contributed by atoms with Crippen molar-refractivity contribution in [3.05, 3.63) is 35.5 Å². The molecule has 0 aliphatic carbocycles. The fourth-order valence-corrected chi connectivity index (χ4v) is 2.82. The number of aromatic amines is 1. The number of H-pyrrole nitrogens is 1. The minimum absolute atomic E-state index is 0.00797. The molecule has 9 heteroatoms. The first-order valence-electron chi connectivity index (χ1n) is 7.31. The molecule has 3 aromatic heterocycles. The van der Waals surface area contributed by atoms with Crippen LogP contribution in [0.4, 0.5) is 10.2 Å². The van der Waals surface area contributed by atoms with E-state index in [0.717, 1.165) is 11.6 Å². The highest BCUT2D eigenvalue weighted by molar-refractivity contribution is 6.31. The lowest BCUT2D eigenvalue weighted by molar-refractivity contribution is -0.119. The molecule has 7 nitrogen and oxygen atoms in total. The Morgan fingerprint density at radius 1 is 1.33 bits per heavy atom. The van der Waals surface area contributed by atoms with Crippen LogP contribution in [0.2, 0.25) is 5.02 Å². The molecule has 1 aliphatic rings. The zero-order chi connectivity index (χ0) is 16.7. The van der Waals surface area contributed by atoms with Crippen molar-refractivity contribution in [1.29, 1.82) is 0 Å². The van der Waals surface area contributed by atoms with Gasteiger partial charge in [-0.25, -0.2) is 19.3 Å². The maximum absolute atomic E-state index is 14.0. The second kappa shape index (κ2) is 5.72. The Bertz CT molecular complexity index is 943. The van der Waals surface area contributed by atoms with Crippen molar-refractivity contribution in [2.45, 2.75) is 12.5 Å². The molecular weight excluding hydrogens is 335 g/mol. The van der Waals surface area contributed by atoms with Gasteiger partial charge in [-0.15, -0.1) is 0 Å². The zero-order valence-electron chi connectivity index (χ0n) is 12.3. The highest BCUT2D eigenvalue weighted by Crippen LogP contribution is 2.28. The fourth-order valence-electron chi connectivity index (χ4n) is 2.66. The van der Waals surface area contributed by atoms with Crippen molar-refractivity contribution in [2.24, 2.45) is 0 Å². The summed E-state index contributed by atoms with van der Waals surface area (Å²) in [5.41, 5.74) is 1.28. The van der Waals surface area contributed by atoms with Gasteiger partial charge in [0.1, 0.15) is 11.7 Å². The van der Waals surface area contributed by atoms with E-state index in [9.17, 15) is 9.18 Å². The van der Waals surface area contributed by atoms with Crippen molar-refractivity contribution in [1.82, 2.24) is 25.3 Å². The zero-order valence-corrected chi connectivity index (χ0v) is 13.1. The minimum atomic E-state index is -0.616. The molecule has 4 rings (SSSR count). The van der Waals surface area contributed by atoms with Crippen LogP contribution in [0.1, 0.15) is 6.42 Å². The van der Waals surface area contributed by atoms with Crippen LogP contribution in [0.15, 0.2) is 24.7 Å². The van der Waals surface area contributed by atoms with Gasteiger partial charge in [0.15, 0.2) is 17.5 Å². The van der Waals surface area contributed by atoms with Gasteiger partial charge in [0.2, 0.25) is 5.91 Å². The second-order valence-electron chi connectivity index (χ2n) is 5.42. The molecule has 3 N–H and O–H groups in total. The van der Waals surface area contributed by atoms with Gasteiger partial charge in [-0.1, -0.05) is 11.6 Å². The first-order chi connectivity index (χ1) is 11.6. The number of carbonyl (C=O) groups excluding carboxylic acids is 1. The summed E-state index contributed by atoms with van der Waals surface area (Å²) in [4.78, 5) is 27.1. The van der Waals surface area contributed by atoms with Crippen molar-refractivity contribution >= 4 is 34.4 Å². The lowest BCUT2D eigenvalue weighted by Gasteiger charge is -2.11. The average Bonchev–Trinajstić information content (AvgIpc) is 3.16. The summed E-state index contributed by atoms with van der Waals surface area (Å²) >= 11 is 5.99. The predicted molar refractivity (Wildman–Crippen MR) is 87.1 cm³/mol. The van der Waals surface area contributed by atoms with Crippen molar-refractivity contribution in [3.63, 3.8) is 0 Å². The van der Waals surface area contributed by atoms with Gasteiger partial charge in [-0.3, -0.25) is 4.79 Å². The Balaban J connectivity index is 1.74. The number of carbonyl (C=O) groups is 1. The first kappa shape index (κ1) is 14.8. The van der Waals surface area contributed by atoms with Gasteiger partial charge in [0, 0.05) is 29.9 Å². The summed E-state index contributed by atoms with van der Waals surface area (Å²) in [5.74, 6) is -0.480. The van der Waals surface area contributed by atoms with Gasteiger partial charge >= 0.3 is 0 Å². The number of aromatic nitrogens is 4. The number of fused-ring (bicyclic) bond motifs is 1. The average molecular weight is 347 g/mol. The number of pyridine rings is 1. The lowest BCUT2D eigenvalue weighted by Crippen LogP contribution is -2.30. The standard InChI is InChI=1S/C15H12ClFN6O/c16-7-3-8-9(5-20-12(8)19-4-7)13-21-6-10(17)14(23-13)22-11-1-2-18-15(11)24/h3-6,11H,1-2H2,(H,18,24)(H,19,20)(H,21,22,23). The van der Waals surface area contributed by atoms with Crippen molar-refractivity contribution < 1.29 is 9.18 Å². The summed E-state index contributed by atoms with van der Waals surface area (Å²) < 4.78 is 14.0. The third-order valence-electron chi connectivity index (χ3n) is 3.84. The molecule has 1 unspecified atom stereocenters. The maximum atomic E-state index is 14.0. The molecule has 122 valence electrons. The topological polar surface area (TPSA) is 95.6 Å². The Kier molecular flexibility index (Phi) is 3.53. The first-order valence-corrected chi connectivity index (χ1v) is 7.69. The smallest absolute Gasteiger partial charge is 0.242 e. The van der Waals surface area contributed by atoms with E-state index in [-0.39, 0.29) is 11.7 Å². The quantitative estimate of drug-likeness (QED) is 0.675. The molecule has 4 heterocycles. The molecule has 0 spiro atoms. The molecule has 0 bridgehead atoms. The van der Waals surface area contributed by atoms with E-state index < -0.39 is 11.9 Å². The summed E-state index contributed by atoms with van der Waals surface area (Å²) in [5, 5.41) is 6.73. The fraction of sp³-hybridized carbons (Fsp3) is 0.200. The molecule has 0 radical (unpaired) electrons. The molecule has 1 aliphatic heterocycles. The predicted octanol–water partition coefficient (Wildman–Crippen LogP) is 2.11. The van der Waals surface area contributed by atoms with Crippen LogP contribution in [0.3, 0.4) is 0 Å². The minimum Gasteiger partial charge on any atom is -0.356 e. The molecule has 0 aromatic carbocycles. The number of rotatable bonds is 3. The molecule has 0 saturated carbocycles. The number of hydrogen-bond donors (Lipinski definition) is 3. The highest BCUT2D eigenvalue weighted by atomic mass is 35.5. The number of nitrogens with one attached hydrogen (secondary N) is 3. The number of halogens is 2. The number of amides is 1. The van der Waals surface area contributed by atoms with Gasteiger partial charge < -0.3 is 15.6 Å². The number of hydrogen-bond acceptors (Lipinski definition) is 5. The Morgan fingerprint density at radius 2 is 2.21 bits per heavy atom. The Labute approximate surface area is 140 Å². The van der Waals surface area contributed by atoms with Crippen LogP contribution >= 0.6 is 11.6 Å². The Hall–Kier alpha value is -2.74. The number of nitrogens with zero attached hydrogens (tertiary/aromatic N) is 3. The van der Waals surface area contributed by atoms with Gasteiger partial charge in [-0.05, 0) is 12.5 Å². The van der Waals surface area contributed by atoms with Crippen LogP contribution in [0.5, 0.6) is 0 Å². The SMILES string of the molecule is O=C1NCCC1Nc1nc(-c2c[nH]c3ncc(Cl)cc23)ncc1F. The molecule has 1 amide bonds. The van der Waals surface area contributed by atoms with E-state index >= 15 is 0 Å². The highest BCUT2D eigenvalue weighted by Gasteiger charge is 2.25. The van der Waals surface area contributed by atoms with Crippen LogP contribution in [-0.4, -0.2) is 38.4 Å². The summed E-state index contributed by atoms with van der Waals surface area (Å²) in [6.45, 7) is 0.558. The molecule has 1 fully saturated rings. The molecule has 24 heavy (non-hydrogen) atoms. The van der Waals surface area contributed by atoms with Crippen molar-refractivity contribution in [3.8, 4) is 11.4 Å². The molecular formula is C15H12ClFN6O. The van der Waals surface area contributed by atoms with E-state index in [4.69, 9.17) is 11.6 Å². The van der Waals surface area contributed by atoms with E-state index in [1.54, 1.807) is 12.3 Å². The van der Waals surface area contributed by atoms with E-state index in [1.165, 1.54) is 6.20 Å². The third kappa shape index (κ3) is 2.54. The molecule has 1 saturated heterocycles. The number of anilines is 1. The van der Waals surface area contributed by atoms with E-state index in [1.807, 2.05) is 0 Å². The summed E-state index contributed by atoms with van der Waals surface area (Å²) in [7, 11) is 0. The van der Waals surface area contributed by atoms with Gasteiger partial charge in [0.05, 0.1) is 11.2 Å². The molecule has 1 atom stereocenters. The maximum Gasteiger partial charge on any atom is 0.242 e. The van der Waals surface area contributed by atoms with Crippen LogP contribution < -0.4 is 10.6 Å². The molecule has 3 aromatic rings. The van der Waals surface area contributed by atoms with Crippen LogP contribution in [0.25, 0.3) is 22.4 Å². The normalized spacial score (nSPS) is 17.2. The summed E-state index contributed by atoms with van der Waals surface area (Å²) in [6, 6.07) is 1.24. The monoisotopic (exact) mass is 346 g/mol. The lowest BCUT2D eigenvalue weighted by atomic mass is 10.2. The largest absolute Gasteiger partial charge is 0.356 e. The van der Waals surface area contributed by atoms with Crippen molar-refractivity contribution in [2.75, 3.05) is 11.9 Å². The van der Waals surface area contributed by atoms with Gasteiger partial charge in [-0.2, -0.15) is 0 Å². The van der Waals surface area contributed by atoms with E-state index in [0.29, 0.717) is 35.0 Å². The second-order valence-corrected chi connectivity index (χ2v) is 5.86. The van der Waals surface area contributed by atoms with E-state index in [2.05, 4.69) is 30.6 Å². The summed E-state index contributed by atoms with van der Waals surface area (Å²) in [6.07, 6.45) is 4.87. The van der Waals surface area contributed by atoms with Crippen LogP contribution in [0, 0.1) is 5.82 Å². The van der Waals surface area contributed by atoms with Crippen LogP contribution in [-0.2, 0) is 4.79 Å².